The number of ether oxygens (including phenoxy) is 1. The lowest BCUT2D eigenvalue weighted by molar-refractivity contribution is -0.127. The minimum Gasteiger partial charge on any atom is -0.464 e. The molecule has 108 valence electrons. The van der Waals surface area contributed by atoms with Crippen molar-refractivity contribution in [3.05, 3.63) is 24.0 Å². The first-order valence-electron chi connectivity index (χ1n) is 6.79. The van der Waals surface area contributed by atoms with E-state index < -0.39 is 0 Å². The van der Waals surface area contributed by atoms with Crippen molar-refractivity contribution in [1.82, 2.24) is 19.8 Å². The lowest BCUT2D eigenvalue weighted by Crippen LogP contribution is -2.46. The summed E-state index contributed by atoms with van der Waals surface area (Å²) in [5, 5.41) is 0. The fourth-order valence-corrected chi connectivity index (χ4v) is 1.92. The van der Waals surface area contributed by atoms with Crippen molar-refractivity contribution >= 4 is 12.0 Å². The summed E-state index contributed by atoms with van der Waals surface area (Å²) < 4.78 is 5.17. The number of carbonyl (C=O) groups excluding carboxylic acids is 1. The number of amides is 1. The first-order chi connectivity index (χ1) is 9.69. The van der Waals surface area contributed by atoms with E-state index in [0.717, 1.165) is 31.7 Å². The Kier molecular flexibility index (Phi) is 5.06. The molecule has 6 heteroatoms. The molecule has 1 aliphatic heterocycles. The van der Waals surface area contributed by atoms with Crippen LogP contribution >= 0.6 is 0 Å². The second kappa shape index (κ2) is 7.00. The smallest absolute Gasteiger partial charge is 0.316 e. The van der Waals surface area contributed by atoms with Crippen LogP contribution in [0.1, 0.15) is 12.5 Å². The Balaban J connectivity index is 1.89. The van der Waals surface area contributed by atoms with E-state index >= 15 is 0 Å². The molecule has 1 fully saturated rings. The minimum absolute atomic E-state index is 0.0342. The van der Waals surface area contributed by atoms with Crippen molar-refractivity contribution < 1.29 is 9.53 Å². The number of likely N-dealkylation sites (N-methyl/N-ethyl adjacent to an activating group) is 1. The van der Waals surface area contributed by atoms with E-state index in [1.54, 1.807) is 24.5 Å². The van der Waals surface area contributed by atoms with Crippen molar-refractivity contribution in [3.63, 3.8) is 0 Å². The molecule has 1 amide bonds. The predicted molar refractivity (Wildman–Crippen MR) is 76.3 cm³/mol. The number of aromatic nitrogens is 2. The minimum atomic E-state index is 0.0342. The van der Waals surface area contributed by atoms with Gasteiger partial charge in [-0.2, -0.15) is 0 Å². The van der Waals surface area contributed by atoms with Crippen molar-refractivity contribution in [2.45, 2.75) is 6.92 Å². The molecule has 1 aromatic heterocycles. The molecule has 1 saturated heterocycles. The number of nitrogens with zero attached hydrogens (tertiary/aromatic N) is 4. The van der Waals surface area contributed by atoms with Crippen LogP contribution in [0.2, 0.25) is 0 Å². The van der Waals surface area contributed by atoms with Gasteiger partial charge in [0.2, 0.25) is 5.91 Å². The monoisotopic (exact) mass is 276 g/mol. The van der Waals surface area contributed by atoms with Gasteiger partial charge in [0, 0.05) is 50.2 Å². The second-order valence-electron chi connectivity index (χ2n) is 4.69. The van der Waals surface area contributed by atoms with E-state index in [1.807, 2.05) is 11.8 Å². The Morgan fingerprint density at radius 3 is 2.55 bits per heavy atom. The number of hydrogen-bond acceptors (Lipinski definition) is 5. The van der Waals surface area contributed by atoms with Gasteiger partial charge in [0.15, 0.2) is 0 Å². The summed E-state index contributed by atoms with van der Waals surface area (Å²) in [5.74, 6) is 0.0342. The molecule has 1 aromatic rings. The third-order valence-corrected chi connectivity index (χ3v) is 3.15. The van der Waals surface area contributed by atoms with Gasteiger partial charge in [0.25, 0.3) is 0 Å². The zero-order valence-corrected chi connectivity index (χ0v) is 12.0. The molecule has 6 nitrogen and oxygen atoms in total. The number of hydrogen-bond donors (Lipinski definition) is 0. The highest BCUT2D eigenvalue weighted by Crippen LogP contribution is 2.06. The van der Waals surface area contributed by atoms with Crippen molar-refractivity contribution in [2.75, 3.05) is 39.8 Å². The third kappa shape index (κ3) is 4.03. The van der Waals surface area contributed by atoms with Crippen LogP contribution in [0.4, 0.5) is 0 Å². The molecule has 0 unspecified atom stereocenters. The highest BCUT2D eigenvalue weighted by atomic mass is 16.5. The van der Waals surface area contributed by atoms with Gasteiger partial charge in [0.1, 0.15) is 0 Å². The van der Waals surface area contributed by atoms with Crippen LogP contribution < -0.4 is 4.74 Å². The molecule has 2 rings (SSSR count). The van der Waals surface area contributed by atoms with Crippen LogP contribution in [0.25, 0.3) is 6.08 Å². The van der Waals surface area contributed by atoms with E-state index in [2.05, 4.69) is 21.9 Å². The van der Waals surface area contributed by atoms with Crippen molar-refractivity contribution in [3.8, 4) is 6.01 Å². The Labute approximate surface area is 119 Å². The lowest BCUT2D eigenvalue weighted by atomic mass is 10.2. The predicted octanol–water partition coefficient (Wildman–Crippen LogP) is 0.662. The maximum absolute atomic E-state index is 12.0. The molecule has 0 radical (unpaired) electrons. The molecule has 0 aliphatic carbocycles. The highest BCUT2D eigenvalue weighted by Gasteiger charge is 2.16. The normalized spacial score (nSPS) is 16.6. The Bertz CT molecular complexity index is 465. The van der Waals surface area contributed by atoms with Gasteiger partial charge in [-0.15, -0.1) is 0 Å². The molecular weight excluding hydrogens is 256 g/mol. The second-order valence-corrected chi connectivity index (χ2v) is 4.69. The Morgan fingerprint density at radius 2 is 1.95 bits per heavy atom. The fraction of sp³-hybridized carbons (Fsp3) is 0.500. The maximum Gasteiger partial charge on any atom is 0.316 e. The van der Waals surface area contributed by atoms with Crippen molar-refractivity contribution in [2.24, 2.45) is 0 Å². The Hall–Kier alpha value is -1.95. The zero-order chi connectivity index (χ0) is 14.4. The van der Waals surface area contributed by atoms with Crippen LogP contribution in [0.5, 0.6) is 6.01 Å². The average molecular weight is 276 g/mol. The topological polar surface area (TPSA) is 58.6 Å². The average Bonchev–Trinajstić information content (AvgIpc) is 2.47. The van der Waals surface area contributed by atoms with Gasteiger partial charge in [-0.05, 0) is 20.0 Å². The SMILES string of the molecule is CCOc1ncc(/C=C/C(=O)N2CCN(C)CC2)cn1. The van der Waals surface area contributed by atoms with Gasteiger partial charge in [-0.1, -0.05) is 0 Å². The summed E-state index contributed by atoms with van der Waals surface area (Å²) in [4.78, 5) is 24.2. The summed E-state index contributed by atoms with van der Waals surface area (Å²) in [7, 11) is 2.06. The fourth-order valence-electron chi connectivity index (χ4n) is 1.92. The summed E-state index contributed by atoms with van der Waals surface area (Å²) in [6.45, 7) is 5.82. The standard InChI is InChI=1S/C14H20N4O2/c1-3-20-14-15-10-12(11-16-14)4-5-13(19)18-8-6-17(2)7-9-18/h4-5,10-11H,3,6-9H2,1-2H3/b5-4+. The van der Waals surface area contributed by atoms with Crippen LogP contribution in [0.15, 0.2) is 18.5 Å². The van der Waals surface area contributed by atoms with E-state index in [1.165, 1.54) is 0 Å². The maximum atomic E-state index is 12.0. The summed E-state index contributed by atoms with van der Waals surface area (Å²) in [6.07, 6.45) is 6.60. The van der Waals surface area contributed by atoms with Gasteiger partial charge in [0.05, 0.1) is 6.61 Å². The van der Waals surface area contributed by atoms with Crippen LogP contribution in [-0.2, 0) is 4.79 Å². The highest BCUT2D eigenvalue weighted by molar-refractivity contribution is 5.91. The quantitative estimate of drug-likeness (QED) is 0.756. The zero-order valence-electron chi connectivity index (χ0n) is 12.0. The molecule has 0 aromatic carbocycles. The lowest BCUT2D eigenvalue weighted by Gasteiger charge is -2.31. The summed E-state index contributed by atoms with van der Waals surface area (Å²) >= 11 is 0. The van der Waals surface area contributed by atoms with Crippen LogP contribution in [-0.4, -0.2) is 65.5 Å². The Morgan fingerprint density at radius 1 is 1.30 bits per heavy atom. The van der Waals surface area contributed by atoms with E-state index in [-0.39, 0.29) is 5.91 Å². The molecule has 0 spiro atoms. The molecule has 20 heavy (non-hydrogen) atoms. The summed E-state index contributed by atoms with van der Waals surface area (Å²) in [6, 6.07) is 0.357. The third-order valence-electron chi connectivity index (χ3n) is 3.15. The molecule has 0 atom stereocenters. The molecule has 1 aliphatic rings. The number of carbonyl (C=O) groups is 1. The number of piperazine rings is 1. The molecule has 0 bridgehead atoms. The molecule has 2 heterocycles. The van der Waals surface area contributed by atoms with Gasteiger partial charge >= 0.3 is 6.01 Å². The van der Waals surface area contributed by atoms with Crippen LogP contribution in [0.3, 0.4) is 0 Å². The molecule has 0 saturated carbocycles. The van der Waals surface area contributed by atoms with Crippen molar-refractivity contribution in [1.29, 1.82) is 0 Å². The molecule has 0 N–H and O–H groups in total. The molecular formula is C14H20N4O2. The van der Waals surface area contributed by atoms with Crippen LogP contribution in [0, 0.1) is 0 Å². The summed E-state index contributed by atoms with van der Waals surface area (Å²) in [5.41, 5.74) is 0.788. The van der Waals surface area contributed by atoms with E-state index in [9.17, 15) is 4.79 Å². The first kappa shape index (κ1) is 14.5. The number of rotatable bonds is 4. The van der Waals surface area contributed by atoms with E-state index in [0.29, 0.717) is 12.6 Å². The first-order valence-corrected chi connectivity index (χ1v) is 6.79. The van der Waals surface area contributed by atoms with Gasteiger partial charge in [-0.3, -0.25) is 4.79 Å². The van der Waals surface area contributed by atoms with Gasteiger partial charge < -0.3 is 14.5 Å². The largest absolute Gasteiger partial charge is 0.464 e. The van der Waals surface area contributed by atoms with E-state index in [4.69, 9.17) is 4.74 Å². The van der Waals surface area contributed by atoms with Gasteiger partial charge in [-0.25, -0.2) is 9.97 Å².